The molecule has 0 aliphatic heterocycles. The number of nitrogens with one attached hydrogen (secondary N) is 1. The molecule has 1 atom stereocenters. The summed E-state index contributed by atoms with van der Waals surface area (Å²) in [6.45, 7) is -0.842. The molecule has 17 heteroatoms. The second-order valence-corrected chi connectivity index (χ2v) is 8.54. The average Bonchev–Trinajstić information content (AvgIpc) is 3.43. The van der Waals surface area contributed by atoms with Gasteiger partial charge in [0.25, 0.3) is 0 Å². The summed E-state index contributed by atoms with van der Waals surface area (Å²) in [7, 11) is 0. The number of nitrogens with two attached hydrogens (primary N) is 1. The summed E-state index contributed by atoms with van der Waals surface area (Å²) in [5.41, 5.74) is 3.37. The molecular weight excluding hydrogens is 572 g/mol. The third-order valence-electron chi connectivity index (χ3n) is 5.23. The van der Waals surface area contributed by atoms with Gasteiger partial charge in [0.05, 0.1) is 5.56 Å². The fraction of sp³-hybridized carbons (Fsp3) is 0.174. The lowest BCUT2D eigenvalue weighted by Crippen LogP contribution is -2.36. The van der Waals surface area contributed by atoms with Gasteiger partial charge in [0.1, 0.15) is 12.6 Å². The Balaban J connectivity index is 1.69. The fourth-order valence-corrected chi connectivity index (χ4v) is 3.63. The van der Waals surface area contributed by atoms with Crippen LogP contribution in [0.4, 0.5) is 32.4 Å². The molecule has 0 spiro atoms. The number of anilines is 1. The van der Waals surface area contributed by atoms with E-state index in [0.717, 1.165) is 18.2 Å². The standard InChI is InChI=1S/C23H16ClF6N7O3/c24-15-6-4-12(5-7-15)18-35-37(21(39)36(18)9-8-22(25,26)27)11-16(38)32-17(19-33-34-20(31)40-19)13-2-1-3-14(10-13)23(28,29)30/h1-10,17H,11H2,(H2,31,34)(H,32,38). The number of allylic oxidation sites excluding steroid dienone is 1. The van der Waals surface area contributed by atoms with E-state index >= 15 is 0 Å². The summed E-state index contributed by atoms with van der Waals surface area (Å²) in [4.78, 5) is 25.9. The summed E-state index contributed by atoms with van der Waals surface area (Å²) in [5.74, 6) is -1.58. The van der Waals surface area contributed by atoms with Gasteiger partial charge in [0, 0.05) is 22.9 Å². The first-order chi connectivity index (χ1) is 18.7. The van der Waals surface area contributed by atoms with Crippen molar-refractivity contribution in [1.82, 2.24) is 29.9 Å². The van der Waals surface area contributed by atoms with Gasteiger partial charge in [-0.05, 0) is 42.0 Å². The van der Waals surface area contributed by atoms with Crippen molar-refractivity contribution in [3.05, 3.63) is 87.1 Å². The topological polar surface area (TPSA) is 134 Å². The second-order valence-electron chi connectivity index (χ2n) is 8.10. The Labute approximate surface area is 224 Å². The lowest BCUT2D eigenvalue weighted by atomic mass is 10.0. The van der Waals surface area contributed by atoms with Crippen LogP contribution in [0.1, 0.15) is 23.1 Å². The quantitative estimate of drug-likeness (QED) is 0.308. The zero-order valence-corrected chi connectivity index (χ0v) is 20.5. The second kappa shape index (κ2) is 10.9. The minimum atomic E-state index is -4.76. The van der Waals surface area contributed by atoms with Gasteiger partial charge in [-0.15, -0.1) is 10.2 Å². The van der Waals surface area contributed by atoms with Gasteiger partial charge in [0.15, 0.2) is 5.82 Å². The monoisotopic (exact) mass is 587 g/mol. The van der Waals surface area contributed by atoms with E-state index < -0.39 is 48.1 Å². The van der Waals surface area contributed by atoms with Gasteiger partial charge in [-0.3, -0.25) is 4.79 Å². The van der Waals surface area contributed by atoms with Crippen LogP contribution in [0.25, 0.3) is 17.6 Å². The van der Waals surface area contributed by atoms with Crippen LogP contribution in [0.3, 0.4) is 0 Å². The van der Waals surface area contributed by atoms with E-state index in [1.807, 2.05) is 0 Å². The molecule has 0 radical (unpaired) electrons. The third-order valence-corrected chi connectivity index (χ3v) is 5.49. The number of aromatic nitrogens is 5. The number of nitrogen functional groups attached to an aromatic ring is 1. The van der Waals surface area contributed by atoms with E-state index in [4.69, 9.17) is 21.8 Å². The molecule has 0 saturated carbocycles. The Hall–Kier alpha value is -4.60. The van der Waals surface area contributed by atoms with Crippen LogP contribution in [0.15, 0.2) is 63.8 Å². The van der Waals surface area contributed by atoms with Crippen LogP contribution in [-0.2, 0) is 17.5 Å². The molecule has 40 heavy (non-hydrogen) atoms. The molecule has 4 aromatic rings. The van der Waals surface area contributed by atoms with Crippen LogP contribution in [0.5, 0.6) is 0 Å². The van der Waals surface area contributed by atoms with Gasteiger partial charge in [-0.2, -0.15) is 26.3 Å². The fourth-order valence-electron chi connectivity index (χ4n) is 3.50. The molecule has 0 fully saturated rings. The summed E-state index contributed by atoms with van der Waals surface area (Å²) < 4.78 is 84.6. The molecule has 0 bridgehead atoms. The third kappa shape index (κ3) is 6.69. The Morgan fingerprint density at radius 2 is 1.80 bits per heavy atom. The molecule has 4 rings (SSSR count). The number of carbonyl (C=O) groups excluding carboxylic acids is 1. The number of hydrogen-bond donors (Lipinski definition) is 2. The Morgan fingerprint density at radius 1 is 1.10 bits per heavy atom. The Morgan fingerprint density at radius 3 is 2.40 bits per heavy atom. The van der Waals surface area contributed by atoms with E-state index in [0.29, 0.717) is 20.5 Å². The van der Waals surface area contributed by atoms with Crippen molar-refractivity contribution in [2.24, 2.45) is 0 Å². The highest BCUT2D eigenvalue weighted by atomic mass is 35.5. The molecule has 1 amide bonds. The summed E-state index contributed by atoms with van der Waals surface area (Å²) in [6.07, 6.45) is -9.22. The smallest absolute Gasteiger partial charge is 0.406 e. The zero-order chi connectivity index (χ0) is 29.2. The van der Waals surface area contributed by atoms with Crippen molar-refractivity contribution in [3.8, 4) is 11.4 Å². The lowest BCUT2D eigenvalue weighted by Gasteiger charge is -2.17. The first-order valence-electron chi connectivity index (χ1n) is 11.0. The van der Waals surface area contributed by atoms with E-state index in [9.17, 15) is 35.9 Å². The van der Waals surface area contributed by atoms with Gasteiger partial charge < -0.3 is 15.5 Å². The van der Waals surface area contributed by atoms with Crippen LogP contribution in [0.2, 0.25) is 5.02 Å². The van der Waals surface area contributed by atoms with Crippen LogP contribution in [-0.4, -0.2) is 36.6 Å². The van der Waals surface area contributed by atoms with Crippen molar-refractivity contribution in [2.75, 3.05) is 5.73 Å². The number of amides is 1. The minimum Gasteiger partial charge on any atom is -0.406 e. The maximum atomic E-state index is 13.3. The predicted octanol–water partition coefficient (Wildman–Crippen LogP) is 4.29. The van der Waals surface area contributed by atoms with Crippen molar-refractivity contribution >= 4 is 29.7 Å². The van der Waals surface area contributed by atoms with Gasteiger partial charge in [-0.1, -0.05) is 28.8 Å². The zero-order valence-electron chi connectivity index (χ0n) is 19.7. The highest BCUT2D eigenvalue weighted by Gasteiger charge is 2.32. The normalized spacial score (nSPS) is 13.1. The van der Waals surface area contributed by atoms with E-state index in [-0.39, 0.29) is 28.9 Å². The molecule has 2 aromatic heterocycles. The van der Waals surface area contributed by atoms with E-state index in [2.05, 4.69) is 20.6 Å². The Kier molecular flexibility index (Phi) is 7.72. The Bertz CT molecular complexity index is 1610. The first-order valence-corrected chi connectivity index (χ1v) is 11.4. The molecule has 2 aromatic carbocycles. The molecule has 1 unspecified atom stereocenters. The molecule has 0 aliphatic carbocycles. The maximum absolute atomic E-state index is 13.3. The van der Waals surface area contributed by atoms with Crippen LogP contribution >= 0.6 is 11.6 Å². The number of carbonyl (C=O) groups is 1. The van der Waals surface area contributed by atoms with Crippen molar-refractivity contribution in [1.29, 1.82) is 0 Å². The molecular formula is C23H16ClF6N7O3. The number of alkyl halides is 6. The van der Waals surface area contributed by atoms with E-state index in [1.54, 1.807) is 0 Å². The highest BCUT2D eigenvalue weighted by Crippen LogP contribution is 2.32. The first kappa shape index (κ1) is 28.4. The average molecular weight is 588 g/mol. The number of halogens is 7. The minimum absolute atomic E-state index is 0.111. The van der Waals surface area contributed by atoms with Crippen molar-refractivity contribution < 1.29 is 35.6 Å². The van der Waals surface area contributed by atoms with Crippen molar-refractivity contribution in [3.63, 3.8) is 0 Å². The van der Waals surface area contributed by atoms with Crippen molar-refractivity contribution in [2.45, 2.75) is 24.9 Å². The van der Waals surface area contributed by atoms with Crippen LogP contribution < -0.4 is 16.7 Å². The highest BCUT2D eigenvalue weighted by molar-refractivity contribution is 6.30. The summed E-state index contributed by atoms with van der Waals surface area (Å²) >= 11 is 5.85. The predicted molar refractivity (Wildman–Crippen MR) is 128 cm³/mol. The SMILES string of the molecule is Nc1nnc(C(NC(=O)Cn2nc(-c3ccc(Cl)cc3)n(C=CC(F)(F)F)c2=O)c2cccc(C(F)(F)F)c2)o1. The number of benzene rings is 2. The van der Waals surface area contributed by atoms with Gasteiger partial charge in [0.2, 0.25) is 11.8 Å². The number of rotatable bonds is 7. The lowest BCUT2D eigenvalue weighted by molar-refractivity contribution is -0.137. The van der Waals surface area contributed by atoms with Gasteiger partial charge >= 0.3 is 24.1 Å². The van der Waals surface area contributed by atoms with E-state index in [1.165, 1.54) is 30.3 Å². The summed E-state index contributed by atoms with van der Waals surface area (Å²) in [6, 6.07) is 7.67. The molecule has 0 saturated heterocycles. The van der Waals surface area contributed by atoms with Crippen LogP contribution in [0, 0.1) is 0 Å². The molecule has 210 valence electrons. The van der Waals surface area contributed by atoms with Gasteiger partial charge in [-0.25, -0.2) is 14.0 Å². The number of hydrogen-bond acceptors (Lipinski definition) is 7. The molecule has 0 aliphatic rings. The molecule has 10 nitrogen and oxygen atoms in total. The molecule has 2 heterocycles. The number of nitrogens with zero attached hydrogens (tertiary/aromatic N) is 5. The maximum Gasteiger partial charge on any atom is 0.416 e. The largest absolute Gasteiger partial charge is 0.416 e. The summed E-state index contributed by atoms with van der Waals surface area (Å²) in [5, 5.41) is 13.7. The molecule has 3 N–H and O–H groups in total.